The van der Waals surface area contributed by atoms with Gasteiger partial charge in [0.15, 0.2) is 0 Å². The summed E-state index contributed by atoms with van der Waals surface area (Å²) in [6.07, 6.45) is 0.538. The van der Waals surface area contributed by atoms with Gasteiger partial charge in [-0.15, -0.1) is 11.8 Å². The van der Waals surface area contributed by atoms with Crippen molar-refractivity contribution in [2.24, 2.45) is 0 Å². The number of amides is 1. The zero-order chi connectivity index (χ0) is 11.7. The van der Waals surface area contributed by atoms with Gasteiger partial charge in [-0.3, -0.25) is 4.79 Å². The lowest BCUT2D eigenvalue weighted by Crippen LogP contribution is -2.11. The molecule has 0 saturated heterocycles. The average Bonchev–Trinajstić information content (AvgIpc) is 2.79. The molecule has 0 fully saturated rings. The van der Waals surface area contributed by atoms with E-state index in [4.69, 9.17) is 0 Å². The number of para-hydroxylation sites is 1. The summed E-state index contributed by atoms with van der Waals surface area (Å²) in [7, 11) is 0. The Kier molecular flexibility index (Phi) is 2.91. The second-order valence-corrected chi connectivity index (χ2v) is 5.94. The fourth-order valence-corrected chi connectivity index (χ4v) is 3.91. The van der Waals surface area contributed by atoms with Crippen molar-refractivity contribution in [1.29, 1.82) is 0 Å². The molecule has 1 aromatic heterocycles. The van der Waals surface area contributed by atoms with Gasteiger partial charge in [0.1, 0.15) is 0 Å². The number of carbonyl (C=O) groups excluding carboxylic acids is 1. The molecule has 0 unspecified atom stereocenters. The summed E-state index contributed by atoms with van der Waals surface area (Å²) in [5, 5.41) is 7.37. The van der Waals surface area contributed by atoms with Crippen LogP contribution < -0.4 is 5.32 Å². The van der Waals surface area contributed by atoms with Crippen LogP contribution in [0.15, 0.2) is 46.0 Å². The van der Waals surface area contributed by atoms with Crippen LogP contribution in [0, 0.1) is 0 Å². The Morgan fingerprint density at radius 2 is 2.12 bits per heavy atom. The summed E-state index contributed by atoms with van der Waals surface area (Å²) in [6, 6.07) is 10.1. The normalized spacial score (nSPS) is 19.3. The van der Waals surface area contributed by atoms with Crippen LogP contribution in [0.2, 0.25) is 0 Å². The van der Waals surface area contributed by atoms with Gasteiger partial charge in [0, 0.05) is 16.6 Å². The summed E-state index contributed by atoms with van der Waals surface area (Å²) in [6.45, 7) is 0. The van der Waals surface area contributed by atoms with Crippen LogP contribution >= 0.6 is 23.1 Å². The zero-order valence-corrected chi connectivity index (χ0v) is 10.7. The van der Waals surface area contributed by atoms with Crippen molar-refractivity contribution in [2.45, 2.75) is 16.6 Å². The standard InChI is InChI=1S/C13H11NOS2/c15-13-7-12(9-5-6-16-8-9)17-11-4-2-1-3-10(11)14-13/h1-6,8,12H,7H2,(H,14,15)/t12-/m0/s1. The highest BCUT2D eigenvalue weighted by atomic mass is 32.2. The number of carbonyl (C=O) groups is 1. The van der Waals surface area contributed by atoms with Gasteiger partial charge in [-0.05, 0) is 34.5 Å². The first-order valence-corrected chi connectivity index (χ1v) is 7.23. The van der Waals surface area contributed by atoms with E-state index in [1.807, 2.05) is 18.2 Å². The van der Waals surface area contributed by atoms with E-state index in [2.05, 4.69) is 28.2 Å². The van der Waals surface area contributed by atoms with E-state index >= 15 is 0 Å². The lowest BCUT2D eigenvalue weighted by Gasteiger charge is -2.10. The highest BCUT2D eigenvalue weighted by molar-refractivity contribution is 7.99. The van der Waals surface area contributed by atoms with Crippen molar-refractivity contribution in [3.63, 3.8) is 0 Å². The summed E-state index contributed by atoms with van der Waals surface area (Å²) in [4.78, 5) is 13.0. The second-order valence-electron chi connectivity index (χ2n) is 3.91. The largest absolute Gasteiger partial charge is 0.325 e. The van der Waals surface area contributed by atoms with Gasteiger partial charge in [0.05, 0.1) is 5.69 Å². The fourth-order valence-electron chi connectivity index (χ4n) is 1.88. The Morgan fingerprint density at radius 1 is 1.24 bits per heavy atom. The lowest BCUT2D eigenvalue weighted by molar-refractivity contribution is -0.116. The first-order valence-electron chi connectivity index (χ1n) is 5.40. The topological polar surface area (TPSA) is 29.1 Å². The third-order valence-electron chi connectivity index (χ3n) is 2.72. The molecule has 0 saturated carbocycles. The molecule has 1 aliphatic heterocycles. The molecule has 1 N–H and O–H groups in total. The highest BCUT2D eigenvalue weighted by Gasteiger charge is 2.23. The number of hydrogen-bond donors (Lipinski definition) is 1. The van der Waals surface area contributed by atoms with Gasteiger partial charge in [-0.1, -0.05) is 12.1 Å². The molecule has 2 heterocycles. The predicted molar refractivity (Wildman–Crippen MR) is 72.6 cm³/mol. The number of benzene rings is 1. The third kappa shape index (κ3) is 2.23. The number of fused-ring (bicyclic) bond motifs is 1. The summed E-state index contributed by atoms with van der Waals surface area (Å²) >= 11 is 3.44. The van der Waals surface area contributed by atoms with E-state index in [0.717, 1.165) is 10.6 Å². The molecule has 17 heavy (non-hydrogen) atoms. The van der Waals surface area contributed by atoms with Gasteiger partial charge >= 0.3 is 0 Å². The second kappa shape index (κ2) is 4.55. The molecule has 0 spiro atoms. The molecule has 0 radical (unpaired) electrons. The zero-order valence-electron chi connectivity index (χ0n) is 9.05. The minimum Gasteiger partial charge on any atom is -0.325 e. The molecule has 0 bridgehead atoms. The maximum absolute atomic E-state index is 11.8. The van der Waals surface area contributed by atoms with Gasteiger partial charge in [0.2, 0.25) is 5.91 Å². The van der Waals surface area contributed by atoms with Gasteiger partial charge in [-0.25, -0.2) is 0 Å². The Morgan fingerprint density at radius 3 is 2.94 bits per heavy atom. The number of rotatable bonds is 1. The van der Waals surface area contributed by atoms with Crippen molar-refractivity contribution in [3.8, 4) is 0 Å². The number of anilines is 1. The summed E-state index contributed by atoms with van der Waals surface area (Å²) in [5.74, 6) is 0.0960. The predicted octanol–water partition coefficient (Wildman–Crippen LogP) is 3.92. The molecule has 1 atom stereocenters. The smallest absolute Gasteiger partial charge is 0.225 e. The number of hydrogen-bond acceptors (Lipinski definition) is 3. The van der Waals surface area contributed by atoms with Crippen molar-refractivity contribution >= 4 is 34.7 Å². The Bertz CT molecular complexity index is 536. The van der Waals surface area contributed by atoms with Crippen molar-refractivity contribution in [3.05, 3.63) is 46.7 Å². The van der Waals surface area contributed by atoms with E-state index in [0.29, 0.717) is 6.42 Å². The Balaban J connectivity index is 1.98. The van der Waals surface area contributed by atoms with Crippen LogP contribution in [-0.4, -0.2) is 5.91 Å². The third-order valence-corrected chi connectivity index (χ3v) is 4.75. The van der Waals surface area contributed by atoms with Crippen LogP contribution in [0.5, 0.6) is 0 Å². The molecule has 2 nitrogen and oxygen atoms in total. The maximum Gasteiger partial charge on any atom is 0.225 e. The van der Waals surface area contributed by atoms with Crippen LogP contribution in [0.3, 0.4) is 0 Å². The van der Waals surface area contributed by atoms with Crippen LogP contribution in [-0.2, 0) is 4.79 Å². The number of thioether (sulfide) groups is 1. The van der Waals surface area contributed by atoms with E-state index < -0.39 is 0 Å². The summed E-state index contributed by atoms with van der Waals surface area (Å²) in [5.41, 5.74) is 2.17. The van der Waals surface area contributed by atoms with Crippen LogP contribution in [0.25, 0.3) is 0 Å². The summed E-state index contributed by atoms with van der Waals surface area (Å²) < 4.78 is 0. The minimum absolute atomic E-state index is 0.0960. The van der Waals surface area contributed by atoms with E-state index in [9.17, 15) is 4.79 Å². The molecule has 4 heteroatoms. The molecule has 1 amide bonds. The van der Waals surface area contributed by atoms with E-state index in [1.54, 1.807) is 23.1 Å². The van der Waals surface area contributed by atoms with Crippen LogP contribution in [0.4, 0.5) is 5.69 Å². The van der Waals surface area contributed by atoms with E-state index in [1.165, 1.54) is 5.56 Å². The van der Waals surface area contributed by atoms with Crippen molar-refractivity contribution < 1.29 is 4.79 Å². The van der Waals surface area contributed by atoms with Gasteiger partial charge in [-0.2, -0.15) is 11.3 Å². The number of thiophene rings is 1. The minimum atomic E-state index is 0.0960. The molecule has 1 aromatic carbocycles. The van der Waals surface area contributed by atoms with Crippen molar-refractivity contribution in [2.75, 3.05) is 5.32 Å². The molecule has 3 rings (SSSR count). The van der Waals surface area contributed by atoms with Gasteiger partial charge < -0.3 is 5.32 Å². The molecule has 0 aliphatic carbocycles. The molecular formula is C13H11NOS2. The quantitative estimate of drug-likeness (QED) is 0.843. The fraction of sp³-hybridized carbons (Fsp3) is 0.154. The SMILES string of the molecule is O=C1C[C@@H](c2ccsc2)Sc2ccccc2N1. The van der Waals surface area contributed by atoms with Crippen molar-refractivity contribution in [1.82, 2.24) is 0 Å². The van der Waals surface area contributed by atoms with Gasteiger partial charge in [0.25, 0.3) is 0 Å². The monoisotopic (exact) mass is 261 g/mol. The molecular weight excluding hydrogens is 250 g/mol. The molecule has 1 aliphatic rings. The Hall–Kier alpha value is -1.26. The maximum atomic E-state index is 11.8. The lowest BCUT2D eigenvalue weighted by atomic mass is 10.2. The number of nitrogens with one attached hydrogen (secondary N) is 1. The molecule has 2 aromatic rings. The highest BCUT2D eigenvalue weighted by Crippen LogP contribution is 2.43. The molecule has 86 valence electrons. The first-order chi connectivity index (χ1) is 8.33. The van der Waals surface area contributed by atoms with E-state index in [-0.39, 0.29) is 11.2 Å². The Labute approximate surface area is 108 Å². The van der Waals surface area contributed by atoms with Crippen LogP contribution in [0.1, 0.15) is 17.2 Å². The first kappa shape index (κ1) is 10.9. The average molecular weight is 261 g/mol.